The number of hydrogen-bond acceptors (Lipinski definition) is 1. The largest absolute Gasteiger partial charge is 0.495 e. The molecule has 0 heterocycles. The number of alkyl halides is 1. The van der Waals surface area contributed by atoms with Gasteiger partial charge in [0.05, 0.1) is 17.0 Å². The first-order valence-corrected chi connectivity index (χ1v) is 7.44. The molecule has 1 unspecified atom stereocenters. The molecule has 2 rings (SSSR count). The fourth-order valence-electron chi connectivity index (χ4n) is 1.93. The molecule has 1 nitrogen and oxygen atoms in total. The Morgan fingerprint density at radius 3 is 2.37 bits per heavy atom. The average molecular weight is 360 g/mol. The molecule has 1 atom stereocenters. The first kappa shape index (κ1) is 14.7. The summed E-state index contributed by atoms with van der Waals surface area (Å²) in [5.74, 6) is 0.583. The van der Waals surface area contributed by atoms with Crippen LogP contribution in [0.3, 0.4) is 0 Å². The monoisotopic (exact) mass is 358 g/mol. The topological polar surface area (TPSA) is 9.23 Å². The van der Waals surface area contributed by atoms with E-state index in [9.17, 15) is 0 Å². The highest BCUT2D eigenvalue weighted by Crippen LogP contribution is 2.40. The molecule has 0 saturated carbocycles. The summed E-state index contributed by atoms with van der Waals surface area (Å²) in [5, 5.41) is 1.19. The zero-order chi connectivity index (χ0) is 14.0. The molecule has 100 valence electrons. The van der Waals surface area contributed by atoms with Crippen molar-refractivity contribution in [2.45, 2.75) is 11.8 Å². The van der Waals surface area contributed by atoms with Crippen LogP contribution in [-0.4, -0.2) is 7.11 Å². The number of halogens is 3. The Kier molecular flexibility index (Phi) is 4.77. The van der Waals surface area contributed by atoms with Gasteiger partial charge in [-0.3, -0.25) is 0 Å². The van der Waals surface area contributed by atoms with Gasteiger partial charge in [-0.15, -0.1) is 0 Å². The lowest BCUT2D eigenvalue weighted by Gasteiger charge is -2.16. The van der Waals surface area contributed by atoms with E-state index < -0.39 is 0 Å². The average Bonchev–Trinajstić information content (AvgIpc) is 2.40. The molecule has 0 aromatic heterocycles. The van der Waals surface area contributed by atoms with Crippen LogP contribution in [0.2, 0.25) is 10.0 Å². The second-order valence-electron chi connectivity index (χ2n) is 4.23. The highest BCUT2D eigenvalue weighted by molar-refractivity contribution is 9.09. The Labute approximate surface area is 131 Å². The van der Waals surface area contributed by atoms with Gasteiger partial charge in [0.2, 0.25) is 0 Å². The van der Waals surface area contributed by atoms with Crippen LogP contribution < -0.4 is 4.74 Å². The van der Waals surface area contributed by atoms with E-state index in [1.807, 2.05) is 18.2 Å². The van der Waals surface area contributed by atoms with Gasteiger partial charge in [0.25, 0.3) is 0 Å². The fraction of sp³-hybridized carbons (Fsp3) is 0.200. The molecule has 0 amide bonds. The lowest BCUT2D eigenvalue weighted by molar-refractivity contribution is 0.415. The molecule has 0 bridgehead atoms. The maximum atomic E-state index is 6.31. The molecular weight excluding hydrogens is 347 g/mol. The third-order valence-electron chi connectivity index (χ3n) is 3.01. The molecule has 4 heteroatoms. The van der Waals surface area contributed by atoms with Crippen molar-refractivity contribution in [1.29, 1.82) is 0 Å². The van der Waals surface area contributed by atoms with Gasteiger partial charge in [-0.2, -0.15) is 0 Å². The number of benzene rings is 2. The zero-order valence-corrected chi connectivity index (χ0v) is 13.7. The second-order valence-corrected chi connectivity index (χ2v) is 5.96. The summed E-state index contributed by atoms with van der Waals surface area (Å²) in [6.45, 7) is 2.07. The van der Waals surface area contributed by atoms with Gasteiger partial charge in [0, 0.05) is 11.1 Å². The molecule has 2 aromatic carbocycles. The first-order chi connectivity index (χ1) is 9.04. The van der Waals surface area contributed by atoms with Crippen molar-refractivity contribution >= 4 is 39.1 Å². The number of methoxy groups -OCH3 is 1. The van der Waals surface area contributed by atoms with Gasteiger partial charge >= 0.3 is 0 Å². The van der Waals surface area contributed by atoms with Crippen LogP contribution in [0.25, 0.3) is 0 Å². The van der Waals surface area contributed by atoms with E-state index in [0.717, 1.165) is 5.56 Å². The Hall–Kier alpha value is -0.700. The Bertz CT molecular complexity index is 599. The highest BCUT2D eigenvalue weighted by Gasteiger charge is 2.17. The van der Waals surface area contributed by atoms with Crippen molar-refractivity contribution in [3.63, 3.8) is 0 Å². The predicted octanol–water partition coefficient (Wildman–Crippen LogP) is 5.79. The van der Waals surface area contributed by atoms with E-state index in [2.05, 4.69) is 35.0 Å². The summed E-state index contributed by atoms with van der Waals surface area (Å²) >= 11 is 16.2. The lowest BCUT2D eigenvalue weighted by Crippen LogP contribution is -1.97. The predicted molar refractivity (Wildman–Crippen MR) is 85.0 cm³/mol. The van der Waals surface area contributed by atoms with E-state index in [-0.39, 0.29) is 4.83 Å². The third-order valence-corrected chi connectivity index (χ3v) is 4.61. The maximum absolute atomic E-state index is 6.31. The minimum atomic E-state index is 0.00426. The Balaban J connectivity index is 2.48. The van der Waals surface area contributed by atoms with Gasteiger partial charge < -0.3 is 4.74 Å². The summed E-state index contributed by atoms with van der Waals surface area (Å²) in [5.41, 5.74) is 3.31. The van der Waals surface area contributed by atoms with Crippen molar-refractivity contribution in [1.82, 2.24) is 0 Å². The Morgan fingerprint density at radius 2 is 1.74 bits per heavy atom. The molecule has 0 aliphatic carbocycles. The second kappa shape index (κ2) is 6.17. The molecule has 2 aromatic rings. The molecule has 0 aliphatic heterocycles. The number of hydrogen-bond donors (Lipinski definition) is 0. The third kappa shape index (κ3) is 3.07. The normalized spacial score (nSPS) is 12.3. The van der Waals surface area contributed by atoms with Crippen molar-refractivity contribution in [3.8, 4) is 5.75 Å². The molecular formula is C15H13BrCl2O. The lowest BCUT2D eigenvalue weighted by atomic mass is 10.0. The van der Waals surface area contributed by atoms with Crippen molar-refractivity contribution in [2.75, 3.05) is 7.11 Å². The van der Waals surface area contributed by atoms with Gasteiger partial charge in [-0.1, -0.05) is 63.4 Å². The minimum Gasteiger partial charge on any atom is -0.495 e. The van der Waals surface area contributed by atoms with E-state index in [4.69, 9.17) is 27.9 Å². The highest BCUT2D eigenvalue weighted by atomic mass is 79.9. The van der Waals surface area contributed by atoms with Gasteiger partial charge in [0.15, 0.2) is 0 Å². The van der Waals surface area contributed by atoms with Gasteiger partial charge in [0.1, 0.15) is 5.75 Å². The molecule has 0 spiro atoms. The Morgan fingerprint density at radius 1 is 1.05 bits per heavy atom. The van der Waals surface area contributed by atoms with Crippen LogP contribution >= 0.6 is 39.1 Å². The van der Waals surface area contributed by atoms with Crippen LogP contribution in [0.1, 0.15) is 21.5 Å². The van der Waals surface area contributed by atoms with Crippen LogP contribution in [0, 0.1) is 6.92 Å². The number of rotatable bonds is 3. The number of aryl methyl sites for hydroxylation is 1. The van der Waals surface area contributed by atoms with Crippen LogP contribution in [0.4, 0.5) is 0 Å². The van der Waals surface area contributed by atoms with Crippen LogP contribution in [0.5, 0.6) is 5.75 Å². The number of ether oxygens (including phenoxy) is 1. The van der Waals surface area contributed by atoms with Crippen LogP contribution in [-0.2, 0) is 0 Å². The molecule has 0 fully saturated rings. The van der Waals surface area contributed by atoms with E-state index in [1.54, 1.807) is 13.2 Å². The van der Waals surface area contributed by atoms with E-state index >= 15 is 0 Å². The van der Waals surface area contributed by atoms with E-state index in [0.29, 0.717) is 15.8 Å². The minimum absolute atomic E-state index is 0.00426. The van der Waals surface area contributed by atoms with Crippen molar-refractivity contribution in [3.05, 3.63) is 63.1 Å². The molecule has 0 aliphatic rings. The maximum Gasteiger partial charge on any atom is 0.138 e. The van der Waals surface area contributed by atoms with Crippen molar-refractivity contribution < 1.29 is 4.74 Å². The van der Waals surface area contributed by atoms with Crippen molar-refractivity contribution in [2.24, 2.45) is 0 Å². The molecule has 0 N–H and O–H groups in total. The van der Waals surface area contributed by atoms with Gasteiger partial charge in [-0.25, -0.2) is 0 Å². The fourth-order valence-corrected chi connectivity index (χ4v) is 3.47. The summed E-state index contributed by atoms with van der Waals surface area (Å²) < 4.78 is 5.16. The standard InChI is InChI=1S/C15H13BrCl2O/c1-9-5-3-4-6-10(9)15(16)11-7-13(18)14(19-2)8-12(11)17/h3-8,15H,1-2H3. The summed E-state index contributed by atoms with van der Waals surface area (Å²) in [4.78, 5) is 0.00426. The van der Waals surface area contributed by atoms with E-state index in [1.165, 1.54) is 11.1 Å². The quantitative estimate of drug-likeness (QED) is 0.629. The summed E-state index contributed by atoms with van der Waals surface area (Å²) in [7, 11) is 1.57. The summed E-state index contributed by atoms with van der Waals surface area (Å²) in [6.07, 6.45) is 0. The first-order valence-electron chi connectivity index (χ1n) is 5.77. The molecule has 0 saturated heterocycles. The van der Waals surface area contributed by atoms with Gasteiger partial charge in [-0.05, 0) is 29.7 Å². The molecule has 0 radical (unpaired) electrons. The SMILES string of the molecule is COc1cc(Cl)c(C(Br)c2ccccc2C)cc1Cl. The zero-order valence-electron chi connectivity index (χ0n) is 10.6. The van der Waals surface area contributed by atoms with Crippen LogP contribution in [0.15, 0.2) is 36.4 Å². The smallest absolute Gasteiger partial charge is 0.138 e. The molecule has 19 heavy (non-hydrogen) atoms. The summed E-state index contributed by atoms with van der Waals surface area (Å²) in [6, 6.07) is 11.8.